The summed E-state index contributed by atoms with van der Waals surface area (Å²) in [4.78, 5) is 75.6. The zero-order valence-electron chi connectivity index (χ0n) is 69.7. The van der Waals surface area contributed by atoms with E-state index in [0.29, 0.717) is 31.1 Å². The average Bonchev–Trinajstić information content (AvgIpc) is 0.765. The van der Waals surface area contributed by atoms with Gasteiger partial charge in [0.1, 0.15) is 0 Å². The molecule has 588 valence electrons. The highest BCUT2D eigenvalue weighted by Crippen LogP contribution is 2.49. The van der Waals surface area contributed by atoms with Crippen LogP contribution in [-0.2, 0) is 19.4 Å². The van der Waals surface area contributed by atoms with Crippen LogP contribution >= 0.6 is 0 Å². The van der Waals surface area contributed by atoms with E-state index in [1.54, 1.807) is 0 Å². The standard InChI is InChI=1S/C83H152N16O4/c1-22-26-50-93(63-55-78(9,10)97(79(11,12)56-63)101-67-43-35-30-36-44-67)73-85-70(86-74(90-73)94(51-27-23-2)64-57-80(13,14)98(81(15,16)58-64)102-68-45-37-31-38-46-68)84-61-92(49-25-4)72-87-71(91(21)62-53-76(5,6)96(77(7,8)54-62)100-66-41-33-29-34-42-66)88-75(89-72)95(52-28-24-3)65-59-82(17,18)99(83(19,20)60-65)103-69-47-39-32-40-48-69/h62-69H,22-61H2,1-21H3,(H,84,85,86,90). The molecule has 8 fully saturated rings. The molecule has 0 unspecified atom stereocenters. The highest BCUT2D eigenvalue weighted by Gasteiger charge is 2.54. The van der Waals surface area contributed by atoms with Crippen molar-refractivity contribution in [3.8, 4) is 0 Å². The molecule has 10 rings (SSSR count). The van der Waals surface area contributed by atoms with Gasteiger partial charge >= 0.3 is 0 Å². The molecule has 1 N–H and O–H groups in total. The van der Waals surface area contributed by atoms with Crippen LogP contribution < -0.4 is 29.8 Å². The Morgan fingerprint density at radius 3 is 0.854 bits per heavy atom. The lowest BCUT2D eigenvalue weighted by molar-refractivity contribution is -0.310. The number of nitrogens with one attached hydrogen (secondary N) is 1. The Labute approximate surface area is 628 Å². The summed E-state index contributed by atoms with van der Waals surface area (Å²) in [6.07, 6.45) is 39.7. The van der Waals surface area contributed by atoms with Crippen molar-refractivity contribution in [3.05, 3.63) is 0 Å². The van der Waals surface area contributed by atoms with Gasteiger partial charge < -0.3 is 29.8 Å². The van der Waals surface area contributed by atoms with Crippen LogP contribution in [0.4, 0.5) is 35.7 Å². The number of nitrogens with zero attached hydrogens (tertiary/aromatic N) is 15. The summed E-state index contributed by atoms with van der Waals surface area (Å²) in [5.41, 5.74) is -1.95. The van der Waals surface area contributed by atoms with Crippen molar-refractivity contribution in [3.63, 3.8) is 0 Å². The molecule has 2 aromatic rings. The number of hydroxylamine groups is 8. The molecule has 0 bridgehead atoms. The summed E-state index contributed by atoms with van der Waals surface area (Å²) in [5, 5.41) is 13.6. The number of hydrogen-bond acceptors (Lipinski definition) is 20. The largest absolute Gasteiger partial charge is 0.341 e. The number of piperidine rings is 4. The van der Waals surface area contributed by atoms with Gasteiger partial charge in [0.25, 0.3) is 0 Å². The van der Waals surface area contributed by atoms with Gasteiger partial charge in [-0.15, -0.1) is 0 Å². The van der Waals surface area contributed by atoms with Crippen molar-refractivity contribution < 1.29 is 19.4 Å². The van der Waals surface area contributed by atoms with E-state index in [-0.39, 0.29) is 92.9 Å². The van der Waals surface area contributed by atoms with Crippen molar-refractivity contribution in [1.82, 2.24) is 50.2 Å². The van der Waals surface area contributed by atoms with E-state index in [4.69, 9.17) is 49.3 Å². The molecule has 4 aliphatic heterocycles. The van der Waals surface area contributed by atoms with Crippen LogP contribution in [0.2, 0.25) is 0 Å². The molecular weight excluding hydrogens is 1290 g/mol. The van der Waals surface area contributed by atoms with Crippen LogP contribution in [0.3, 0.4) is 0 Å². The van der Waals surface area contributed by atoms with Gasteiger partial charge in [0.2, 0.25) is 35.7 Å². The van der Waals surface area contributed by atoms with E-state index < -0.39 is 0 Å². The highest BCUT2D eigenvalue weighted by atomic mass is 16.7. The molecular formula is C83H152N16O4. The molecule has 4 saturated heterocycles. The Kier molecular flexibility index (Phi) is 27.5. The molecule has 4 saturated carbocycles. The van der Waals surface area contributed by atoms with E-state index in [1.807, 2.05) is 0 Å². The normalized spacial score (nSPS) is 25.2. The second-order valence-corrected chi connectivity index (χ2v) is 38.7. The lowest BCUT2D eigenvalue weighted by Gasteiger charge is -2.57. The third-order valence-corrected chi connectivity index (χ3v) is 25.1. The van der Waals surface area contributed by atoms with E-state index in [2.05, 4.69) is 196 Å². The zero-order chi connectivity index (χ0) is 74.3. The Balaban J connectivity index is 1.05. The fourth-order valence-corrected chi connectivity index (χ4v) is 20.8. The van der Waals surface area contributed by atoms with Gasteiger partial charge in [-0.05, 0) is 239 Å². The quantitative estimate of drug-likeness (QED) is 0.0711. The van der Waals surface area contributed by atoms with Gasteiger partial charge in [-0.1, -0.05) is 124 Å². The van der Waals surface area contributed by atoms with Crippen molar-refractivity contribution in [1.29, 1.82) is 0 Å². The minimum absolute atomic E-state index is 0.133. The van der Waals surface area contributed by atoms with Crippen LogP contribution in [0.5, 0.6) is 0 Å². The van der Waals surface area contributed by atoms with Gasteiger partial charge in [-0.25, -0.2) is 0 Å². The fourth-order valence-electron chi connectivity index (χ4n) is 20.8. The fraction of sp³-hybridized carbons (Fsp3) is 0.928. The van der Waals surface area contributed by atoms with Crippen LogP contribution in [0.15, 0.2) is 0 Å². The van der Waals surface area contributed by atoms with E-state index >= 15 is 0 Å². The zero-order valence-corrected chi connectivity index (χ0v) is 69.7. The predicted molar refractivity (Wildman–Crippen MR) is 425 cm³/mol. The Bertz CT molecular complexity index is 2770. The van der Waals surface area contributed by atoms with Crippen LogP contribution in [-0.4, -0.2) is 183 Å². The summed E-state index contributed by atoms with van der Waals surface area (Å²) < 4.78 is 0. The molecule has 0 atom stereocenters. The second-order valence-electron chi connectivity index (χ2n) is 38.7. The third-order valence-electron chi connectivity index (χ3n) is 25.1. The average molecular weight is 1440 g/mol. The summed E-state index contributed by atoms with van der Waals surface area (Å²) in [5.74, 6) is 4.20. The van der Waals surface area contributed by atoms with Gasteiger partial charge in [0.05, 0.1) is 31.1 Å². The molecule has 4 aliphatic carbocycles. The first-order chi connectivity index (χ1) is 48.7. The van der Waals surface area contributed by atoms with Gasteiger partial charge in [0, 0.05) is 102 Å². The van der Waals surface area contributed by atoms with Crippen molar-refractivity contribution in [2.45, 2.75) is 456 Å². The number of unbranched alkanes of at least 4 members (excludes halogenated alkanes) is 3. The molecule has 8 aliphatic rings. The smallest absolute Gasteiger partial charge is 0.233 e. The number of anilines is 6. The second kappa shape index (κ2) is 34.6. The molecule has 2 aromatic heterocycles. The number of rotatable bonds is 31. The van der Waals surface area contributed by atoms with Crippen LogP contribution in [0.1, 0.15) is 363 Å². The topological polar surface area (TPSA) is 155 Å². The lowest BCUT2D eigenvalue weighted by atomic mass is 9.78. The summed E-state index contributed by atoms with van der Waals surface area (Å²) in [6.45, 7) is 51.2. The van der Waals surface area contributed by atoms with Crippen LogP contribution in [0.25, 0.3) is 0 Å². The minimum atomic E-state index is -0.244. The molecule has 0 amide bonds. The Morgan fingerprint density at radius 1 is 0.320 bits per heavy atom. The lowest BCUT2D eigenvalue weighted by Crippen LogP contribution is -2.65. The Morgan fingerprint density at radius 2 is 0.573 bits per heavy atom. The van der Waals surface area contributed by atoms with Gasteiger partial charge in [-0.3, -0.25) is 19.4 Å². The summed E-state index contributed by atoms with van der Waals surface area (Å²) in [6, 6.07) is 0.592. The highest BCUT2D eigenvalue weighted by molar-refractivity contribution is 5.51. The molecule has 6 heterocycles. The van der Waals surface area contributed by atoms with Crippen molar-refractivity contribution in [2.24, 2.45) is 0 Å². The summed E-state index contributed by atoms with van der Waals surface area (Å²) >= 11 is 0. The third kappa shape index (κ3) is 20.3. The summed E-state index contributed by atoms with van der Waals surface area (Å²) in [7, 11) is 2.25. The molecule has 103 heavy (non-hydrogen) atoms. The SMILES string of the molecule is CCCCN(c1nc(N(CCC)CNc2nc(N(CCCC)C3CC(C)(C)N(OC4CCCCC4)C(C)(C)C3)nc(N(CCCC)C3CC(C)(C)N(OC4CCCCC4)C(C)(C)C3)n2)nc(N(C)C2CC(C)(C)N(OC3CCCCC3)C(C)(C)C2)n1)C1CC(C)(C)N(OC2CCCCC2)C(C)(C)C1. The van der Waals surface area contributed by atoms with Crippen molar-refractivity contribution >= 4 is 35.7 Å². The molecule has 0 aromatic carbocycles. The maximum absolute atomic E-state index is 7.16. The first-order valence-corrected chi connectivity index (χ1v) is 42.6. The molecule has 20 nitrogen and oxygen atoms in total. The number of hydrogen-bond donors (Lipinski definition) is 1. The molecule has 20 heteroatoms. The maximum Gasteiger partial charge on any atom is 0.233 e. The molecule has 0 radical (unpaired) electrons. The monoisotopic (exact) mass is 1440 g/mol. The van der Waals surface area contributed by atoms with E-state index in [1.165, 1.54) is 77.0 Å². The first kappa shape index (κ1) is 82.0. The van der Waals surface area contributed by atoms with Crippen LogP contribution in [0, 0.1) is 0 Å². The predicted octanol–water partition coefficient (Wildman–Crippen LogP) is 18.7. The van der Waals surface area contributed by atoms with E-state index in [0.717, 1.165) is 185 Å². The van der Waals surface area contributed by atoms with Crippen molar-refractivity contribution in [2.75, 3.05) is 69.7 Å². The Hall–Kier alpha value is -3.50. The number of aromatic nitrogens is 6. The first-order valence-electron chi connectivity index (χ1n) is 42.6. The molecule has 0 spiro atoms. The van der Waals surface area contributed by atoms with Gasteiger partial charge in [0.15, 0.2) is 0 Å². The minimum Gasteiger partial charge on any atom is -0.341 e. The maximum atomic E-state index is 7.16. The van der Waals surface area contributed by atoms with E-state index in [9.17, 15) is 0 Å². The van der Waals surface area contributed by atoms with Gasteiger partial charge in [-0.2, -0.15) is 50.2 Å².